The number of nitrogens with one attached hydrogen (secondary N) is 1. The maximum atomic E-state index is 12.0. The number of hydrogen-bond acceptors (Lipinski definition) is 5. The van der Waals surface area contributed by atoms with Crippen molar-refractivity contribution < 1.29 is 19.1 Å². The molecule has 1 heterocycles. The number of ketones is 1. The van der Waals surface area contributed by atoms with Gasteiger partial charge in [-0.15, -0.1) is 11.3 Å². The molecule has 1 amide bonds. The number of aryl methyl sites for hydroxylation is 2. The number of hydrogen-bond donors (Lipinski definition) is 1. The number of carbonyl (C=O) groups excluding carboxylic acids is 3. The average Bonchev–Trinajstić information content (AvgIpc) is 2.89. The molecule has 0 radical (unpaired) electrons. The van der Waals surface area contributed by atoms with Crippen LogP contribution in [0.15, 0.2) is 36.4 Å². The van der Waals surface area contributed by atoms with E-state index in [1.54, 1.807) is 36.4 Å². The molecule has 0 spiro atoms. The van der Waals surface area contributed by atoms with Crippen LogP contribution in [0, 0.1) is 13.8 Å². The predicted molar refractivity (Wildman–Crippen MR) is 87.9 cm³/mol. The van der Waals surface area contributed by atoms with Gasteiger partial charge < -0.3 is 10.1 Å². The van der Waals surface area contributed by atoms with Crippen molar-refractivity contribution in [2.75, 3.05) is 13.2 Å². The van der Waals surface area contributed by atoms with Crippen LogP contribution >= 0.6 is 11.3 Å². The fraction of sp³-hybridized carbons (Fsp3) is 0.235. The molecule has 120 valence electrons. The second-order valence-corrected chi connectivity index (χ2v) is 6.42. The molecule has 23 heavy (non-hydrogen) atoms. The summed E-state index contributed by atoms with van der Waals surface area (Å²) in [4.78, 5) is 37.3. The number of esters is 1. The van der Waals surface area contributed by atoms with Crippen LogP contribution in [-0.4, -0.2) is 30.8 Å². The first-order valence-electron chi connectivity index (χ1n) is 7.06. The molecule has 0 unspecified atom stereocenters. The fourth-order valence-electron chi connectivity index (χ4n) is 2.03. The number of Topliss-reactive ketones (excluding diaryl/α,β-unsaturated/α-hetero) is 1. The Labute approximate surface area is 138 Å². The maximum Gasteiger partial charge on any atom is 0.325 e. The molecule has 5 nitrogen and oxygen atoms in total. The van der Waals surface area contributed by atoms with Crippen LogP contribution in [0.3, 0.4) is 0 Å². The van der Waals surface area contributed by atoms with E-state index in [0.29, 0.717) is 11.1 Å². The molecule has 2 aromatic rings. The van der Waals surface area contributed by atoms with E-state index in [-0.39, 0.29) is 24.8 Å². The van der Waals surface area contributed by atoms with Crippen molar-refractivity contribution in [3.05, 3.63) is 57.3 Å². The largest absolute Gasteiger partial charge is 0.456 e. The molecule has 2 rings (SSSR count). The number of ether oxygens (including phenoxy) is 1. The summed E-state index contributed by atoms with van der Waals surface area (Å²) in [6.45, 7) is 3.17. The molecule has 0 aliphatic rings. The highest BCUT2D eigenvalue weighted by Gasteiger charge is 2.15. The van der Waals surface area contributed by atoms with E-state index in [9.17, 15) is 14.4 Å². The van der Waals surface area contributed by atoms with Crippen LogP contribution in [0.1, 0.15) is 30.5 Å². The summed E-state index contributed by atoms with van der Waals surface area (Å²) in [7, 11) is 0. The summed E-state index contributed by atoms with van der Waals surface area (Å²) in [5.41, 5.74) is 1.04. The van der Waals surface area contributed by atoms with Crippen molar-refractivity contribution in [1.29, 1.82) is 0 Å². The SMILES string of the molecule is Cc1cc(C(=O)COC(=O)CNC(=O)c2ccccc2)c(C)s1. The topological polar surface area (TPSA) is 72.5 Å². The van der Waals surface area contributed by atoms with Crippen molar-refractivity contribution in [2.24, 2.45) is 0 Å². The summed E-state index contributed by atoms with van der Waals surface area (Å²) < 4.78 is 4.91. The molecule has 0 bridgehead atoms. The van der Waals surface area contributed by atoms with Crippen molar-refractivity contribution >= 4 is 29.0 Å². The zero-order valence-electron chi connectivity index (χ0n) is 12.9. The lowest BCUT2D eigenvalue weighted by atomic mass is 10.2. The van der Waals surface area contributed by atoms with Gasteiger partial charge in [0.25, 0.3) is 5.91 Å². The lowest BCUT2D eigenvalue weighted by Crippen LogP contribution is -2.31. The van der Waals surface area contributed by atoms with Crippen LogP contribution in [-0.2, 0) is 9.53 Å². The number of rotatable bonds is 6. The van der Waals surface area contributed by atoms with Crippen LogP contribution in [0.4, 0.5) is 0 Å². The first-order chi connectivity index (χ1) is 11.0. The molecule has 1 aromatic heterocycles. The molecule has 6 heteroatoms. The normalized spacial score (nSPS) is 10.2. The van der Waals surface area contributed by atoms with Gasteiger partial charge in [0.05, 0.1) is 0 Å². The Bertz CT molecular complexity index is 721. The monoisotopic (exact) mass is 331 g/mol. The highest BCUT2D eigenvalue weighted by Crippen LogP contribution is 2.20. The lowest BCUT2D eigenvalue weighted by molar-refractivity contribution is -0.141. The summed E-state index contributed by atoms with van der Waals surface area (Å²) in [5, 5.41) is 2.46. The van der Waals surface area contributed by atoms with E-state index in [1.807, 2.05) is 13.8 Å². The number of amides is 1. The first kappa shape index (κ1) is 16.9. The Kier molecular flexibility index (Phi) is 5.65. The zero-order chi connectivity index (χ0) is 16.8. The van der Waals surface area contributed by atoms with E-state index in [2.05, 4.69) is 5.32 Å². The molecule has 1 N–H and O–H groups in total. The Hall–Kier alpha value is -2.47. The standard InChI is InChI=1S/C17H17NO4S/c1-11-8-14(12(2)23-11)15(19)10-22-16(20)9-18-17(21)13-6-4-3-5-7-13/h3-8H,9-10H2,1-2H3,(H,18,21). The quantitative estimate of drug-likeness (QED) is 0.652. The van der Waals surface area contributed by atoms with E-state index >= 15 is 0 Å². The van der Waals surface area contributed by atoms with Gasteiger partial charge in [0.15, 0.2) is 6.61 Å². The minimum atomic E-state index is -0.646. The van der Waals surface area contributed by atoms with Gasteiger partial charge in [-0.3, -0.25) is 14.4 Å². The van der Waals surface area contributed by atoms with Gasteiger partial charge in [0, 0.05) is 20.9 Å². The van der Waals surface area contributed by atoms with E-state index in [0.717, 1.165) is 9.75 Å². The van der Waals surface area contributed by atoms with E-state index < -0.39 is 5.97 Å². The first-order valence-corrected chi connectivity index (χ1v) is 7.88. The smallest absolute Gasteiger partial charge is 0.325 e. The van der Waals surface area contributed by atoms with Gasteiger partial charge in [-0.1, -0.05) is 18.2 Å². The molecule has 0 saturated heterocycles. The summed E-state index contributed by atoms with van der Waals surface area (Å²) in [6.07, 6.45) is 0. The lowest BCUT2D eigenvalue weighted by Gasteiger charge is -2.06. The van der Waals surface area contributed by atoms with Crippen molar-refractivity contribution in [2.45, 2.75) is 13.8 Å². The number of thiophene rings is 1. The number of benzene rings is 1. The Morgan fingerprint density at radius 3 is 2.43 bits per heavy atom. The minimum absolute atomic E-state index is 0.241. The van der Waals surface area contributed by atoms with Crippen LogP contribution in [0.25, 0.3) is 0 Å². The molecular formula is C17H17NO4S. The van der Waals surface area contributed by atoms with Gasteiger partial charge in [-0.05, 0) is 32.0 Å². The maximum absolute atomic E-state index is 12.0. The molecule has 0 fully saturated rings. The van der Waals surface area contributed by atoms with E-state index in [4.69, 9.17) is 4.74 Å². The molecular weight excluding hydrogens is 314 g/mol. The highest BCUT2D eigenvalue weighted by molar-refractivity contribution is 7.12. The summed E-state index contributed by atoms with van der Waals surface area (Å²) >= 11 is 1.53. The van der Waals surface area contributed by atoms with Crippen LogP contribution in [0.5, 0.6) is 0 Å². The predicted octanol–water partition coefficient (Wildman–Crippen LogP) is 2.52. The van der Waals surface area contributed by atoms with Crippen molar-refractivity contribution in [3.63, 3.8) is 0 Å². The fourth-order valence-corrected chi connectivity index (χ4v) is 2.97. The molecule has 0 saturated carbocycles. The molecule has 0 aliphatic carbocycles. The van der Waals surface area contributed by atoms with Gasteiger partial charge in [0.2, 0.25) is 5.78 Å². The third-order valence-electron chi connectivity index (χ3n) is 3.13. The second-order valence-electron chi connectivity index (χ2n) is 4.96. The van der Waals surface area contributed by atoms with Gasteiger partial charge in [-0.25, -0.2) is 0 Å². The third-order valence-corrected chi connectivity index (χ3v) is 4.10. The summed E-state index contributed by atoms with van der Waals surface area (Å²) in [6, 6.07) is 10.3. The molecule has 1 aromatic carbocycles. The van der Waals surface area contributed by atoms with Gasteiger partial charge in [0.1, 0.15) is 6.54 Å². The number of carbonyl (C=O) groups is 3. The minimum Gasteiger partial charge on any atom is -0.456 e. The van der Waals surface area contributed by atoms with E-state index in [1.165, 1.54) is 11.3 Å². The van der Waals surface area contributed by atoms with Crippen molar-refractivity contribution in [3.8, 4) is 0 Å². The average molecular weight is 331 g/mol. The summed E-state index contributed by atoms with van der Waals surface area (Å²) in [5.74, 6) is -1.25. The molecule has 0 aliphatic heterocycles. The Morgan fingerprint density at radius 2 is 1.83 bits per heavy atom. The second kappa shape index (κ2) is 7.69. The van der Waals surface area contributed by atoms with Gasteiger partial charge in [-0.2, -0.15) is 0 Å². The molecule has 0 atom stereocenters. The van der Waals surface area contributed by atoms with Crippen molar-refractivity contribution in [1.82, 2.24) is 5.32 Å². The van der Waals surface area contributed by atoms with Crippen LogP contribution in [0.2, 0.25) is 0 Å². The van der Waals surface area contributed by atoms with Gasteiger partial charge >= 0.3 is 5.97 Å². The zero-order valence-corrected chi connectivity index (χ0v) is 13.7. The highest BCUT2D eigenvalue weighted by atomic mass is 32.1. The Balaban J connectivity index is 1.78. The Morgan fingerprint density at radius 1 is 1.13 bits per heavy atom. The van der Waals surface area contributed by atoms with Crippen LogP contribution < -0.4 is 5.32 Å². The third kappa shape index (κ3) is 4.75.